The topological polar surface area (TPSA) is 133 Å². The minimum atomic E-state index is -1.11. The molecule has 0 spiro atoms. The van der Waals surface area contributed by atoms with E-state index in [4.69, 9.17) is 5.11 Å². The molecule has 0 aromatic carbocycles. The molecule has 0 radical (unpaired) electrons. The van der Waals surface area contributed by atoms with Crippen LogP contribution in [0.1, 0.15) is 46.5 Å². The van der Waals surface area contributed by atoms with E-state index in [1.807, 2.05) is 0 Å². The Bertz CT molecular complexity index is 533. The molecule has 154 valence electrons. The highest BCUT2D eigenvalue weighted by Crippen LogP contribution is 2.11. The summed E-state index contributed by atoms with van der Waals surface area (Å²) in [5.74, 6) is -1.84. The van der Waals surface area contributed by atoms with Gasteiger partial charge in [-0.3, -0.25) is 28.9 Å². The number of ketones is 3. The summed E-state index contributed by atoms with van der Waals surface area (Å²) in [4.78, 5) is 59.5. The number of Topliss-reactive ketones (excluding diaryl/α,β-unsaturated/α-hetero) is 3. The van der Waals surface area contributed by atoms with Gasteiger partial charge in [0.15, 0.2) is 0 Å². The molecule has 3 N–H and O–H groups in total. The number of aliphatic carboxylic acids is 1. The summed E-state index contributed by atoms with van der Waals surface area (Å²) >= 11 is 0. The lowest BCUT2D eigenvalue weighted by atomic mass is 10.0. The third-order valence-corrected chi connectivity index (χ3v) is 4.02. The number of nitrogens with one attached hydrogen (secondary N) is 2. The zero-order chi connectivity index (χ0) is 21.0. The van der Waals surface area contributed by atoms with Gasteiger partial charge in [0.05, 0.1) is 25.6 Å². The highest BCUT2D eigenvalue weighted by Gasteiger charge is 2.26. The summed E-state index contributed by atoms with van der Waals surface area (Å²) in [6, 6.07) is -1.52. The Kier molecular flexibility index (Phi) is 12.1. The van der Waals surface area contributed by atoms with Gasteiger partial charge in [-0.15, -0.1) is 0 Å². The quantitative estimate of drug-likeness (QED) is 0.329. The molecule has 0 aromatic heterocycles. The Morgan fingerprint density at radius 1 is 1.04 bits per heavy atom. The Labute approximate surface area is 159 Å². The van der Waals surface area contributed by atoms with E-state index in [-0.39, 0.29) is 49.8 Å². The fourth-order valence-electron chi connectivity index (χ4n) is 2.72. The van der Waals surface area contributed by atoms with Gasteiger partial charge in [-0.25, -0.2) is 0 Å². The third-order valence-electron chi connectivity index (χ3n) is 4.02. The number of carboxylic acid groups (broad SMARTS) is 1. The van der Waals surface area contributed by atoms with Crippen LogP contribution in [0.5, 0.6) is 0 Å². The molecule has 9 nitrogen and oxygen atoms in total. The maximum absolute atomic E-state index is 12.3. The third kappa shape index (κ3) is 10.6. The van der Waals surface area contributed by atoms with Crippen molar-refractivity contribution in [1.82, 2.24) is 15.5 Å². The molecule has 0 heterocycles. The van der Waals surface area contributed by atoms with Crippen molar-refractivity contribution in [2.24, 2.45) is 0 Å². The number of likely N-dealkylation sites (N-methyl/N-ethyl adjacent to an activating group) is 1. The van der Waals surface area contributed by atoms with E-state index in [1.54, 1.807) is 11.8 Å². The second-order valence-corrected chi connectivity index (χ2v) is 6.52. The van der Waals surface area contributed by atoms with Crippen molar-refractivity contribution in [3.63, 3.8) is 0 Å². The molecule has 9 heteroatoms. The van der Waals surface area contributed by atoms with Crippen LogP contribution in [-0.2, 0) is 24.0 Å². The minimum Gasteiger partial charge on any atom is -0.480 e. The molecule has 2 atom stereocenters. The zero-order valence-corrected chi connectivity index (χ0v) is 16.5. The fraction of sp³-hybridized carbons (Fsp3) is 0.722. The van der Waals surface area contributed by atoms with Crippen LogP contribution < -0.4 is 10.6 Å². The maximum Gasteiger partial charge on any atom is 0.321 e. The Balaban J connectivity index is 4.71. The summed E-state index contributed by atoms with van der Waals surface area (Å²) in [7, 11) is 1.46. The van der Waals surface area contributed by atoms with Gasteiger partial charge in [0, 0.05) is 13.0 Å². The van der Waals surface area contributed by atoms with Gasteiger partial charge in [-0.05, 0) is 33.7 Å². The van der Waals surface area contributed by atoms with Crippen LogP contribution in [0.25, 0.3) is 0 Å². The van der Waals surface area contributed by atoms with Gasteiger partial charge in [0.25, 0.3) is 0 Å². The van der Waals surface area contributed by atoms with Crippen LogP contribution in [0.3, 0.4) is 0 Å². The molecular formula is C18H31N3O6. The lowest BCUT2D eigenvalue weighted by molar-refractivity contribution is -0.141. The van der Waals surface area contributed by atoms with Gasteiger partial charge in [0.1, 0.15) is 23.4 Å². The van der Waals surface area contributed by atoms with Gasteiger partial charge >= 0.3 is 5.97 Å². The number of hydrogen-bond donors (Lipinski definition) is 3. The number of amides is 1. The molecular weight excluding hydrogens is 354 g/mol. The van der Waals surface area contributed by atoms with E-state index < -0.39 is 24.0 Å². The smallest absolute Gasteiger partial charge is 0.321 e. The largest absolute Gasteiger partial charge is 0.480 e. The number of carboxylic acids is 1. The van der Waals surface area contributed by atoms with Crippen molar-refractivity contribution in [2.45, 2.75) is 58.5 Å². The second kappa shape index (κ2) is 13.1. The fourth-order valence-corrected chi connectivity index (χ4v) is 2.72. The van der Waals surface area contributed by atoms with Gasteiger partial charge in [0.2, 0.25) is 5.91 Å². The monoisotopic (exact) mass is 385 g/mol. The molecule has 0 fully saturated rings. The van der Waals surface area contributed by atoms with E-state index in [0.717, 1.165) is 0 Å². The summed E-state index contributed by atoms with van der Waals surface area (Å²) in [6.45, 7) is 4.84. The summed E-state index contributed by atoms with van der Waals surface area (Å²) in [6.07, 6.45) is 0.948. The van der Waals surface area contributed by atoms with Crippen LogP contribution in [0, 0.1) is 0 Å². The highest BCUT2D eigenvalue weighted by molar-refractivity contribution is 5.87. The summed E-state index contributed by atoms with van der Waals surface area (Å²) in [5, 5.41) is 14.1. The molecule has 0 bridgehead atoms. The average molecular weight is 385 g/mol. The first-order chi connectivity index (χ1) is 12.6. The lowest BCUT2D eigenvalue weighted by Crippen LogP contribution is -2.46. The van der Waals surface area contributed by atoms with Crippen LogP contribution in [0.2, 0.25) is 0 Å². The Morgan fingerprint density at radius 3 is 2.00 bits per heavy atom. The van der Waals surface area contributed by atoms with Gasteiger partial charge in [-0.2, -0.15) is 0 Å². The van der Waals surface area contributed by atoms with Crippen LogP contribution in [-0.4, -0.2) is 78.0 Å². The van der Waals surface area contributed by atoms with E-state index in [1.165, 1.54) is 20.9 Å². The Morgan fingerprint density at radius 2 is 1.59 bits per heavy atom. The number of carbonyl (C=O) groups is 5. The number of rotatable bonds is 15. The maximum atomic E-state index is 12.3. The number of nitrogens with zero attached hydrogens (tertiary/aromatic N) is 1. The molecule has 0 aliphatic rings. The lowest BCUT2D eigenvalue weighted by Gasteiger charge is -2.29. The first-order valence-corrected chi connectivity index (χ1v) is 9.04. The number of hydrogen-bond acceptors (Lipinski definition) is 7. The zero-order valence-electron chi connectivity index (χ0n) is 16.5. The van der Waals surface area contributed by atoms with E-state index in [9.17, 15) is 24.0 Å². The molecule has 2 unspecified atom stereocenters. The molecule has 0 saturated heterocycles. The van der Waals surface area contributed by atoms with Crippen molar-refractivity contribution in [3.8, 4) is 0 Å². The van der Waals surface area contributed by atoms with Crippen LogP contribution in [0.4, 0.5) is 0 Å². The number of carbonyl (C=O) groups excluding carboxylic acids is 4. The van der Waals surface area contributed by atoms with Gasteiger partial charge in [-0.1, -0.05) is 6.92 Å². The van der Waals surface area contributed by atoms with E-state index in [0.29, 0.717) is 12.8 Å². The molecule has 1 amide bonds. The predicted octanol–water partition coefficient (Wildman–Crippen LogP) is -0.227. The standard InChI is InChI=1S/C18H31N3O6/c1-5-16(24)15(21(10-12(2)22)11-13(3)23)7-6-8-20-17(25)9-14(19-4)18(26)27/h14-15,19H,5-11H2,1-4H3,(H,20,25)(H,26,27). The van der Waals surface area contributed by atoms with Crippen molar-refractivity contribution in [1.29, 1.82) is 0 Å². The average Bonchev–Trinajstić information content (AvgIpc) is 2.57. The molecule has 0 aliphatic heterocycles. The summed E-state index contributed by atoms with van der Waals surface area (Å²) in [5.41, 5.74) is 0. The van der Waals surface area contributed by atoms with E-state index >= 15 is 0 Å². The molecule has 0 aromatic rings. The molecule has 0 saturated carbocycles. The van der Waals surface area contributed by atoms with E-state index in [2.05, 4.69) is 10.6 Å². The predicted molar refractivity (Wildman–Crippen MR) is 99.4 cm³/mol. The SMILES string of the molecule is CCC(=O)C(CCCNC(=O)CC(NC)C(=O)O)N(CC(C)=O)CC(C)=O. The Hall–Kier alpha value is -2.13. The van der Waals surface area contributed by atoms with Crippen molar-refractivity contribution in [3.05, 3.63) is 0 Å². The highest BCUT2D eigenvalue weighted by atomic mass is 16.4. The molecule has 0 rings (SSSR count). The van der Waals surface area contributed by atoms with Crippen molar-refractivity contribution < 1.29 is 29.1 Å². The van der Waals surface area contributed by atoms with Crippen molar-refractivity contribution >= 4 is 29.2 Å². The normalized spacial score (nSPS) is 13.1. The first kappa shape index (κ1) is 24.9. The van der Waals surface area contributed by atoms with Crippen LogP contribution >= 0.6 is 0 Å². The van der Waals surface area contributed by atoms with Crippen molar-refractivity contribution in [2.75, 3.05) is 26.7 Å². The summed E-state index contributed by atoms with van der Waals surface area (Å²) < 4.78 is 0. The van der Waals surface area contributed by atoms with Gasteiger partial charge < -0.3 is 15.7 Å². The van der Waals surface area contributed by atoms with Crippen LogP contribution in [0.15, 0.2) is 0 Å². The molecule has 27 heavy (non-hydrogen) atoms. The minimum absolute atomic E-state index is 0.0187. The first-order valence-electron chi connectivity index (χ1n) is 9.04. The molecule has 0 aliphatic carbocycles. The second-order valence-electron chi connectivity index (χ2n) is 6.52.